The van der Waals surface area contributed by atoms with Crippen molar-refractivity contribution in [3.63, 3.8) is 0 Å². The first-order valence-electron chi connectivity index (χ1n) is 12.7. The summed E-state index contributed by atoms with van der Waals surface area (Å²) < 4.78 is 8.01. The summed E-state index contributed by atoms with van der Waals surface area (Å²) in [7, 11) is 2.29. The Morgan fingerprint density at radius 3 is 2.60 bits per heavy atom. The summed E-state index contributed by atoms with van der Waals surface area (Å²) in [5.41, 5.74) is 2.35. The van der Waals surface area contributed by atoms with Gasteiger partial charge >= 0.3 is 0 Å². The minimum atomic E-state index is -1.15. The molecule has 1 fully saturated rings. The van der Waals surface area contributed by atoms with E-state index < -0.39 is 8.07 Å². The Labute approximate surface area is 210 Å². The molecule has 9 heteroatoms. The normalized spacial score (nSPS) is 20.9. The van der Waals surface area contributed by atoms with Crippen molar-refractivity contribution in [2.75, 3.05) is 38.8 Å². The molecule has 1 aliphatic carbocycles. The van der Waals surface area contributed by atoms with Gasteiger partial charge in [0.05, 0.1) is 17.9 Å². The molecule has 35 heavy (non-hydrogen) atoms. The highest BCUT2D eigenvalue weighted by atomic mass is 28.3. The van der Waals surface area contributed by atoms with Gasteiger partial charge in [0.15, 0.2) is 0 Å². The van der Waals surface area contributed by atoms with E-state index >= 15 is 0 Å². The second-order valence-corrected chi connectivity index (χ2v) is 17.1. The van der Waals surface area contributed by atoms with Crippen LogP contribution >= 0.6 is 0 Å². The summed E-state index contributed by atoms with van der Waals surface area (Å²) in [6.07, 6.45) is 7.89. The van der Waals surface area contributed by atoms with Gasteiger partial charge in [0.25, 0.3) is 5.91 Å². The van der Waals surface area contributed by atoms with Gasteiger partial charge < -0.3 is 24.0 Å². The number of rotatable bonds is 8. The lowest BCUT2D eigenvalue weighted by Gasteiger charge is -2.44. The van der Waals surface area contributed by atoms with Crippen molar-refractivity contribution in [3.05, 3.63) is 30.9 Å². The molecule has 0 unspecified atom stereocenters. The molecule has 0 saturated heterocycles. The molecule has 0 spiro atoms. The summed E-state index contributed by atoms with van der Waals surface area (Å²) in [6.45, 7) is 13.0. The zero-order valence-electron chi connectivity index (χ0n) is 21.9. The van der Waals surface area contributed by atoms with Crippen LogP contribution < -0.4 is 4.90 Å². The molecule has 1 aliphatic heterocycles. The lowest BCUT2D eigenvalue weighted by atomic mass is 9.86. The number of fused-ring (bicyclic) bond motifs is 3. The van der Waals surface area contributed by atoms with Crippen LogP contribution in [0.4, 0.5) is 5.69 Å². The maximum Gasteiger partial charge on any atom is 0.259 e. The standard InChI is InChI=1S/C26H40N5O3Si/c1-19-7-9-20(10-8-19)31-17-30(16-23(32)28(2)3)26(33)22-15-27-25-21(24(22)31)11-12-29(25)18-34-13-14-35(4,5)6/h11-12,15,19-20H,1,7-10,13-14,16-18H2,2-6H3/t19-,20-. The highest BCUT2D eigenvalue weighted by Gasteiger charge is 2.37. The van der Waals surface area contributed by atoms with Gasteiger partial charge in [0.2, 0.25) is 5.91 Å². The number of carbonyl (C=O) groups is 2. The Morgan fingerprint density at radius 1 is 1.23 bits per heavy atom. The number of hydrogen-bond acceptors (Lipinski definition) is 5. The molecule has 0 aromatic carbocycles. The first kappa shape index (κ1) is 25.7. The summed E-state index contributed by atoms with van der Waals surface area (Å²) in [5, 5.41) is 0.972. The van der Waals surface area contributed by atoms with Crippen molar-refractivity contribution in [2.24, 2.45) is 5.92 Å². The van der Waals surface area contributed by atoms with E-state index in [1.807, 2.05) is 10.8 Å². The predicted molar refractivity (Wildman–Crippen MR) is 142 cm³/mol. The minimum absolute atomic E-state index is 0.0659. The van der Waals surface area contributed by atoms with Gasteiger partial charge in [-0.15, -0.1) is 0 Å². The first-order valence-corrected chi connectivity index (χ1v) is 16.4. The number of amides is 2. The van der Waals surface area contributed by atoms with E-state index in [-0.39, 0.29) is 18.4 Å². The minimum Gasteiger partial charge on any atom is -0.361 e. The monoisotopic (exact) mass is 498 g/mol. The lowest BCUT2D eigenvalue weighted by molar-refractivity contribution is -0.129. The molecule has 191 valence electrons. The second kappa shape index (κ2) is 10.3. The average Bonchev–Trinajstić information content (AvgIpc) is 3.21. The fraction of sp³-hybridized carbons (Fsp3) is 0.615. The number of aromatic nitrogens is 2. The molecule has 2 amide bonds. The number of hydrogen-bond donors (Lipinski definition) is 0. The van der Waals surface area contributed by atoms with Crippen LogP contribution in [0, 0.1) is 12.8 Å². The zero-order valence-corrected chi connectivity index (χ0v) is 22.9. The van der Waals surface area contributed by atoms with Crippen LogP contribution in [-0.4, -0.2) is 79.2 Å². The molecule has 0 atom stereocenters. The summed E-state index contributed by atoms with van der Waals surface area (Å²) in [4.78, 5) is 36.1. The van der Waals surface area contributed by atoms with Gasteiger partial charge in [-0.05, 0) is 43.7 Å². The topological polar surface area (TPSA) is 70.9 Å². The number of ether oxygens (including phenoxy) is 1. The van der Waals surface area contributed by atoms with Crippen LogP contribution in [0.1, 0.15) is 36.0 Å². The van der Waals surface area contributed by atoms with Crippen molar-refractivity contribution in [1.29, 1.82) is 0 Å². The van der Waals surface area contributed by atoms with Gasteiger partial charge in [-0.3, -0.25) is 9.59 Å². The number of pyridine rings is 1. The highest BCUT2D eigenvalue weighted by molar-refractivity contribution is 6.76. The smallest absolute Gasteiger partial charge is 0.259 e. The lowest BCUT2D eigenvalue weighted by Crippen LogP contribution is -2.53. The van der Waals surface area contributed by atoms with Crippen LogP contribution in [0.5, 0.6) is 0 Å². The molecular weight excluding hydrogens is 458 g/mol. The Hall–Kier alpha value is -2.39. The van der Waals surface area contributed by atoms with Crippen molar-refractivity contribution in [3.8, 4) is 0 Å². The fourth-order valence-electron chi connectivity index (χ4n) is 4.91. The maximum absolute atomic E-state index is 13.5. The van der Waals surface area contributed by atoms with Crippen molar-refractivity contribution in [1.82, 2.24) is 19.4 Å². The first-order chi connectivity index (χ1) is 16.5. The molecule has 1 radical (unpaired) electrons. The molecular formula is C26H40N5O3Si. The quantitative estimate of drug-likeness (QED) is 0.406. The number of anilines is 1. The maximum atomic E-state index is 13.5. The summed E-state index contributed by atoms with van der Waals surface area (Å²) >= 11 is 0. The van der Waals surface area contributed by atoms with E-state index in [0.29, 0.717) is 30.9 Å². The molecule has 8 nitrogen and oxygen atoms in total. The average molecular weight is 499 g/mol. The van der Waals surface area contributed by atoms with Gasteiger partial charge in [0, 0.05) is 52.6 Å². The molecule has 0 bridgehead atoms. The second-order valence-electron chi connectivity index (χ2n) is 11.5. The van der Waals surface area contributed by atoms with E-state index in [0.717, 1.165) is 55.1 Å². The van der Waals surface area contributed by atoms with E-state index in [1.165, 1.54) is 4.90 Å². The molecule has 2 aromatic heterocycles. The van der Waals surface area contributed by atoms with Gasteiger partial charge in [-0.25, -0.2) is 4.98 Å². The Kier molecular flexibility index (Phi) is 7.56. The number of carbonyl (C=O) groups excluding carboxylic acids is 2. The van der Waals surface area contributed by atoms with E-state index in [4.69, 9.17) is 4.74 Å². The third-order valence-electron chi connectivity index (χ3n) is 7.20. The Bertz CT molecular complexity index is 1070. The van der Waals surface area contributed by atoms with Crippen molar-refractivity contribution < 1.29 is 14.3 Å². The van der Waals surface area contributed by atoms with Crippen molar-refractivity contribution in [2.45, 2.75) is 64.1 Å². The largest absolute Gasteiger partial charge is 0.361 e. The van der Waals surface area contributed by atoms with Gasteiger partial charge in [0.1, 0.15) is 18.9 Å². The van der Waals surface area contributed by atoms with Gasteiger partial charge in [-0.2, -0.15) is 0 Å². The zero-order chi connectivity index (χ0) is 25.3. The predicted octanol–water partition coefficient (Wildman–Crippen LogP) is 4.05. The molecule has 2 aliphatic rings. The number of likely N-dealkylation sites (N-methyl/N-ethyl adjacent to an activating group) is 1. The van der Waals surface area contributed by atoms with Crippen molar-refractivity contribution >= 4 is 36.6 Å². The Morgan fingerprint density at radius 2 is 1.94 bits per heavy atom. The fourth-order valence-corrected chi connectivity index (χ4v) is 5.66. The highest BCUT2D eigenvalue weighted by Crippen LogP contribution is 2.39. The van der Waals surface area contributed by atoms with E-state index in [9.17, 15) is 9.59 Å². The molecule has 0 N–H and O–H groups in total. The Balaban J connectivity index is 1.65. The third-order valence-corrected chi connectivity index (χ3v) is 8.90. The molecule has 1 saturated carbocycles. The van der Waals surface area contributed by atoms with Crippen LogP contribution in [0.2, 0.25) is 25.7 Å². The van der Waals surface area contributed by atoms with Crippen LogP contribution in [-0.2, 0) is 16.3 Å². The van der Waals surface area contributed by atoms with Gasteiger partial charge in [-0.1, -0.05) is 26.6 Å². The molecule has 3 heterocycles. The van der Waals surface area contributed by atoms with Crippen LogP contribution in [0.3, 0.4) is 0 Å². The van der Waals surface area contributed by atoms with Crippen LogP contribution in [0.15, 0.2) is 18.5 Å². The summed E-state index contributed by atoms with van der Waals surface area (Å²) in [6, 6.07) is 3.48. The SMILES string of the molecule is [CH2][C@H]1CC[C@H](N2CN(CC(=O)N(C)C)C(=O)c3cnc4c(ccn4COCC[Si](C)(C)C)c32)CC1. The third kappa shape index (κ3) is 5.72. The summed E-state index contributed by atoms with van der Waals surface area (Å²) in [5.74, 6) is 0.264. The molecule has 2 aromatic rings. The van der Waals surface area contributed by atoms with E-state index in [1.54, 1.807) is 25.2 Å². The van der Waals surface area contributed by atoms with E-state index in [2.05, 4.69) is 42.5 Å². The molecule has 4 rings (SSSR count). The number of nitrogens with zero attached hydrogens (tertiary/aromatic N) is 5. The van der Waals surface area contributed by atoms with Crippen LogP contribution in [0.25, 0.3) is 11.0 Å².